The summed E-state index contributed by atoms with van der Waals surface area (Å²) in [6.07, 6.45) is 0.652. The Morgan fingerprint density at radius 2 is 1.65 bits per heavy atom. The summed E-state index contributed by atoms with van der Waals surface area (Å²) in [4.78, 5) is 53.8. The van der Waals surface area contributed by atoms with Crippen molar-refractivity contribution in [2.45, 2.75) is 85.0 Å². The van der Waals surface area contributed by atoms with Crippen LogP contribution in [0.4, 0.5) is 4.79 Å². The van der Waals surface area contributed by atoms with Crippen molar-refractivity contribution in [3.8, 4) is 0 Å². The van der Waals surface area contributed by atoms with Crippen molar-refractivity contribution in [3.05, 3.63) is 0 Å². The van der Waals surface area contributed by atoms with E-state index in [1.54, 1.807) is 41.7 Å². The highest BCUT2D eigenvalue weighted by Gasteiger charge is 2.41. The highest BCUT2D eigenvalue weighted by Crippen LogP contribution is 2.24. The molecule has 0 radical (unpaired) electrons. The lowest BCUT2D eigenvalue weighted by molar-refractivity contribution is -0.149. The first-order valence-corrected chi connectivity index (χ1v) is 10.9. The third-order valence-corrected chi connectivity index (χ3v) is 5.25. The maximum Gasteiger partial charge on any atom is 0.410 e. The Morgan fingerprint density at radius 1 is 1.06 bits per heavy atom. The van der Waals surface area contributed by atoms with Crippen molar-refractivity contribution in [1.82, 2.24) is 15.1 Å². The maximum atomic E-state index is 13.3. The number of esters is 1. The first-order chi connectivity index (χ1) is 14.2. The van der Waals surface area contributed by atoms with Gasteiger partial charge >= 0.3 is 12.1 Å². The fraction of sp³-hybridized carbons (Fsp3) is 0.818. The first-order valence-electron chi connectivity index (χ1n) is 10.9. The lowest BCUT2D eigenvalue weighted by Crippen LogP contribution is -2.58. The zero-order valence-corrected chi connectivity index (χ0v) is 20.4. The molecular weight excluding hydrogens is 402 g/mol. The number of methoxy groups -OCH3 is 1. The summed E-state index contributed by atoms with van der Waals surface area (Å²) in [5, 5.41) is 2.73. The van der Waals surface area contributed by atoms with Crippen LogP contribution in [0.2, 0.25) is 0 Å². The smallest absolute Gasteiger partial charge is 0.410 e. The van der Waals surface area contributed by atoms with Crippen LogP contribution in [0.15, 0.2) is 0 Å². The highest BCUT2D eigenvalue weighted by molar-refractivity contribution is 5.93. The first kappa shape index (κ1) is 26.7. The van der Waals surface area contributed by atoms with Gasteiger partial charge in [-0.1, -0.05) is 27.7 Å². The molecule has 1 heterocycles. The summed E-state index contributed by atoms with van der Waals surface area (Å²) in [6.45, 7) is 13.0. The topological polar surface area (TPSA) is 105 Å². The third-order valence-electron chi connectivity index (χ3n) is 5.25. The molecule has 31 heavy (non-hydrogen) atoms. The van der Waals surface area contributed by atoms with Crippen molar-refractivity contribution < 1.29 is 28.7 Å². The van der Waals surface area contributed by atoms with Gasteiger partial charge in [-0.2, -0.15) is 0 Å². The van der Waals surface area contributed by atoms with Crippen molar-refractivity contribution in [2.75, 3.05) is 20.7 Å². The van der Waals surface area contributed by atoms with Gasteiger partial charge in [-0.15, -0.1) is 0 Å². The minimum Gasteiger partial charge on any atom is -0.467 e. The number of carbonyl (C=O) groups excluding carboxylic acids is 4. The SMILES string of the molecule is COC(=O)[C@@H](NC(=O)[C@@H](C(C)C)N(C)C(=O)[C@@H]1CCCN1C(=O)OC(C)(C)C)C(C)C. The molecule has 0 aromatic carbocycles. The predicted octanol–water partition coefficient (Wildman–Crippen LogP) is 2.18. The van der Waals surface area contributed by atoms with Crippen LogP contribution in [0, 0.1) is 11.8 Å². The molecule has 1 saturated heterocycles. The number of nitrogens with zero attached hydrogens (tertiary/aromatic N) is 2. The molecule has 1 fully saturated rings. The molecule has 1 N–H and O–H groups in total. The van der Waals surface area contributed by atoms with Crippen LogP contribution in [0.25, 0.3) is 0 Å². The molecule has 9 nitrogen and oxygen atoms in total. The second kappa shape index (κ2) is 10.8. The van der Waals surface area contributed by atoms with Gasteiger partial charge < -0.3 is 19.7 Å². The molecule has 3 atom stereocenters. The fourth-order valence-electron chi connectivity index (χ4n) is 3.72. The van der Waals surface area contributed by atoms with Crippen LogP contribution < -0.4 is 5.32 Å². The van der Waals surface area contributed by atoms with Crippen LogP contribution in [-0.2, 0) is 23.9 Å². The van der Waals surface area contributed by atoms with E-state index in [1.807, 2.05) is 13.8 Å². The number of carbonyl (C=O) groups is 4. The van der Waals surface area contributed by atoms with Gasteiger partial charge in [0.15, 0.2) is 0 Å². The van der Waals surface area contributed by atoms with Gasteiger partial charge in [0.2, 0.25) is 11.8 Å². The molecule has 1 aliphatic rings. The molecule has 0 unspecified atom stereocenters. The third kappa shape index (κ3) is 7.11. The number of nitrogens with one attached hydrogen (secondary N) is 1. The largest absolute Gasteiger partial charge is 0.467 e. The minimum absolute atomic E-state index is 0.178. The molecule has 1 rings (SSSR count). The maximum absolute atomic E-state index is 13.3. The zero-order valence-electron chi connectivity index (χ0n) is 20.4. The predicted molar refractivity (Wildman–Crippen MR) is 116 cm³/mol. The second-order valence-electron chi connectivity index (χ2n) is 9.72. The minimum atomic E-state index is -0.813. The van der Waals surface area contributed by atoms with Gasteiger partial charge in [-0.25, -0.2) is 9.59 Å². The average molecular weight is 442 g/mol. The Balaban J connectivity index is 3.02. The van der Waals surface area contributed by atoms with Gasteiger partial charge in [0.1, 0.15) is 23.7 Å². The summed E-state index contributed by atoms with van der Waals surface area (Å²) in [7, 11) is 2.82. The van der Waals surface area contributed by atoms with Gasteiger partial charge in [0.25, 0.3) is 0 Å². The van der Waals surface area contributed by atoms with E-state index in [0.29, 0.717) is 19.4 Å². The quantitative estimate of drug-likeness (QED) is 0.607. The molecule has 0 aliphatic carbocycles. The van der Waals surface area contributed by atoms with E-state index in [9.17, 15) is 19.2 Å². The monoisotopic (exact) mass is 441 g/mol. The summed E-state index contributed by atoms with van der Waals surface area (Å²) in [5.74, 6) is -1.68. The Kier molecular flexibility index (Phi) is 9.32. The van der Waals surface area contributed by atoms with Gasteiger partial charge in [0.05, 0.1) is 7.11 Å². The van der Waals surface area contributed by atoms with Crippen LogP contribution in [-0.4, -0.2) is 78.1 Å². The van der Waals surface area contributed by atoms with Crippen molar-refractivity contribution in [3.63, 3.8) is 0 Å². The van der Waals surface area contributed by atoms with Crippen LogP contribution in [0.3, 0.4) is 0 Å². The zero-order chi connectivity index (χ0) is 24.1. The van der Waals surface area contributed by atoms with Gasteiger partial charge in [-0.3, -0.25) is 14.5 Å². The Labute approximate surface area is 185 Å². The summed E-state index contributed by atoms with van der Waals surface area (Å²) in [5.41, 5.74) is -0.667. The number of hydrogen-bond donors (Lipinski definition) is 1. The van der Waals surface area contributed by atoms with Gasteiger partial charge in [-0.05, 0) is 45.4 Å². The summed E-state index contributed by atoms with van der Waals surface area (Å²) in [6, 6.07) is -2.30. The lowest BCUT2D eigenvalue weighted by atomic mass is 9.98. The van der Waals surface area contributed by atoms with Gasteiger partial charge in [0, 0.05) is 13.6 Å². The molecule has 0 saturated carbocycles. The van der Waals surface area contributed by atoms with Crippen LogP contribution >= 0.6 is 0 Å². The molecule has 3 amide bonds. The normalized spacial score (nSPS) is 18.5. The Morgan fingerprint density at radius 3 is 2.10 bits per heavy atom. The number of amides is 3. The van der Waals surface area contributed by atoms with Crippen LogP contribution in [0.1, 0.15) is 61.3 Å². The molecule has 0 aromatic heterocycles. The van der Waals surface area contributed by atoms with E-state index >= 15 is 0 Å². The number of rotatable bonds is 7. The number of hydrogen-bond acceptors (Lipinski definition) is 6. The van der Waals surface area contributed by atoms with Crippen molar-refractivity contribution in [2.24, 2.45) is 11.8 Å². The van der Waals surface area contributed by atoms with Crippen molar-refractivity contribution >= 4 is 23.9 Å². The molecule has 0 bridgehead atoms. The van der Waals surface area contributed by atoms with E-state index in [1.165, 1.54) is 16.9 Å². The van der Waals surface area contributed by atoms with E-state index in [0.717, 1.165) is 0 Å². The molecule has 1 aliphatic heterocycles. The Bertz CT molecular complexity index is 671. The Hall–Kier alpha value is -2.32. The highest BCUT2D eigenvalue weighted by atomic mass is 16.6. The van der Waals surface area contributed by atoms with E-state index in [2.05, 4.69) is 5.32 Å². The van der Waals surface area contributed by atoms with Crippen molar-refractivity contribution in [1.29, 1.82) is 0 Å². The number of ether oxygens (including phenoxy) is 2. The second-order valence-corrected chi connectivity index (χ2v) is 9.72. The summed E-state index contributed by atoms with van der Waals surface area (Å²) < 4.78 is 10.2. The van der Waals surface area contributed by atoms with Crippen LogP contribution in [0.5, 0.6) is 0 Å². The molecule has 0 aromatic rings. The molecule has 178 valence electrons. The molecule has 0 spiro atoms. The number of likely N-dealkylation sites (tertiary alicyclic amines) is 1. The molecule has 9 heteroatoms. The average Bonchev–Trinajstić information content (AvgIpc) is 3.12. The van der Waals surface area contributed by atoms with E-state index in [-0.39, 0.29) is 17.7 Å². The van der Waals surface area contributed by atoms with E-state index in [4.69, 9.17) is 9.47 Å². The lowest BCUT2D eigenvalue weighted by Gasteiger charge is -2.35. The summed E-state index contributed by atoms with van der Waals surface area (Å²) >= 11 is 0. The standard InChI is InChI=1S/C22H39N3O6/c1-13(2)16(20(28)30-9)23-18(26)17(14(3)4)24(8)19(27)15-11-10-12-25(15)21(29)31-22(5,6)7/h13-17H,10-12H2,1-9H3,(H,23,26)/t15-,16-,17+/m0/s1. The van der Waals surface area contributed by atoms with E-state index < -0.39 is 41.7 Å². The number of likely N-dealkylation sites (N-methyl/N-ethyl adjacent to an activating group) is 1. The molecular formula is C22H39N3O6. The fourth-order valence-corrected chi connectivity index (χ4v) is 3.72.